The van der Waals surface area contributed by atoms with Crippen LogP contribution in [0.2, 0.25) is 0 Å². The highest BCUT2D eigenvalue weighted by molar-refractivity contribution is 4.81. The molecule has 72 valence electrons. The molecule has 0 saturated carbocycles. The molecule has 0 aromatic carbocycles. The first-order valence-corrected chi connectivity index (χ1v) is 5.46. The van der Waals surface area contributed by atoms with Gasteiger partial charge in [-0.1, -0.05) is 58.6 Å². The van der Waals surface area contributed by atoms with E-state index in [1.54, 1.807) is 0 Å². The zero-order valence-electron chi connectivity index (χ0n) is 8.97. The Morgan fingerprint density at radius 1 is 1.08 bits per heavy atom. The molecule has 0 radical (unpaired) electrons. The van der Waals surface area contributed by atoms with Gasteiger partial charge in [0.2, 0.25) is 0 Å². The summed E-state index contributed by atoms with van der Waals surface area (Å²) in [6.07, 6.45) is 12.6. The summed E-state index contributed by atoms with van der Waals surface area (Å²) >= 11 is 0. The number of unbranched alkanes of at least 4 members (excludes halogenated alkanes) is 2. The Balaban J connectivity index is 3.21. The Labute approximate surface area is 78.1 Å². The zero-order chi connectivity index (χ0) is 9.23. The quantitative estimate of drug-likeness (QED) is 0.386. The van der Waals surface area contributed by atoms with Crippen molar-refractivity contribution in [1.29, 1.82) is 0 Å². The molecule has 0 heterocycles. The molecule has 1 unspecified atom stereocenters. The van der Waals surface area contributed by atoms with Gasteiger partial charge in [-0.15, -0.1) is 0 Å². The molecule has 0 aliphatic carbocycles. The van der Waals surface area contributed by atoms with E-state index >= 15 is 0 Å². The first-order chi connectivity index (χ1) is 5.81. The lowest BCUT2D eigenvalue weighted by Gasteiger charge is -2.06. The van der Waals surface area contributed by atoms with Gasteiger partial charge in [-0.3, -0.25) is 0 Å². The molecular weight excluding hydrogens is 144 g/mol. The zero-order valence-corrected chi connectivity index (χ0v) is 8.97. The van der Waals surface area contributed by atoms with E-state index in [0.29, 0.717) is 0 Å². The maximum atomic E-state index is 2.36. The molecule has 1 atom stereocenters. The van der Waals surface area contributed by atoms with Crippen LogP contribution in [-0.2, 0) is 0 Å². The molecule has 0 fully saturated rings. The van der Waals surface area contributed by atoms with Crippen molar-refractivity contribution < 1.29 is 0 Å². The van der Waals surface area contributed by atoms with Gasteiger partial charge < -0.3 is 0 Å². The number of hydrogen-bond acceptors (Lipinski definition) is 0. The molecule has 0 aliphatic rings. The van der Waals surface area contributed by atoms with Crippen molar-refractivity contribution in [2.75, 3.05) is 0 Å². The van der Waals surface area contributed by atoms with Crippen molar-refractivity contribution in [3.05, 3.63) is 12.2 Å². The van der Waals surface area contributed by atoms with Crippen molar-refractivity contribution in [1.82, 2.24) is 0 Å². The van der Waals surface area contributed by atoms with E-state index in [0.717, 1.165) is 5.92 Å². The fraction of sp³-hybridized carbons (Fsp3) is 0.833. The van der Waals surface area contributed by atoms with Gasteiger partial charge in [-0.2, -0.15) is 0 Å². The minimum atomic E-state index is 0.888. The van der Waals surface area contributed by atoms with Gasteiger partial charge in [0.1, 0.15) is 0 Å². The van der Waals surface area contributed by atoms with Crippen LogP contribution in [0.5, 0.6) is 0 Å². The highest BCUT2D eigenvalue weighted by atomic mass is 14.0. The van der Waals surface area contributed by atoms with Gasteiger partial charge in [0.25, 0.3) is 0 Å². The largest absolute Gasteiger partial charge is 0.0888 e. The van der Waals surface area contributed by atoms with Crippen molar-refractivity contribution in [3.63, 3.8) is 0 Å². The third-order valence-electron chi connectivity index (χ3n) is 2.24. The summed E-state index contributed by atoms with van der Waals surface area (Å²) in [6.45, 7) is 6.82. The maximum Gasteiger partial charge on any atom is -0.0325 e. The van der Waals surface area contributed by atoms with Crippen LogP contribution >= 0.6 is 0 Å². The van der Waals surface area contributed by atoms with Crippen LogP contribution in [0.25, 0.3) is 0 Å². The lowest BCUT2D eigenvalue weighted by Crippen LogP contribution is -1.92. The van der Waals surface area contributed by atoms with Gasteiger partial charge in [-0.05, 0) is 18.8 Å². The van der Waals surface area contributed by atoms with Gasteiger partial charge in [0.05, 0.1) is 0 Å². The molecule has 12 heavy (non-hydrogen) atoms. The Hall–Kier alpha value is -0.260. The lowest BCUT2D eigenvalue weighted by molar-refractivity contribution is 0.500. The molecule has 0 N–H and O–H groups in total. The number of rotatable bonds is 7. The lowest BCUT2D eigenvalue weighted by atomic mass is 10.00. The third kappa shape index (κ3) is 7.84. The summed E-state index contributed by atoms with van der Waals surface area (Å²) in [5, 5.41) is 0. The van der Waals surface area contributed by atoms with E-state index in [2.05, 4.69) is 32.9 Å². The van der Waals surface area contributed by atoms with E-state index in [4.69, 9.17) is 0 Å². The fourth-order valence-electron chi connectivity index (χ4n) is 1.36. The van der Waals surface area contributed by atoms with Gasteiger partial charge in [0.15, 0.2) is 0 Å². The van der Waals surface area contributed by atoms with E-state index < -0.39 is 0 Å². The molecule has 0 aromatic rings. The van der Waals surface area contributed by atoms with Gasteiger partial charge in [0, 0.05) is 0 Å². The average molecular weight is 168 g/mol. The minimum absolute atomic E-state index is 0.888. The first-order valence-electron chi connectivity index (χ1n) is 5.46. The monoisotopic (exact) mass is 168 g/mol. The second kappa shape index (κ2) is 8.83. The average Bonchev–Trinajstić information content (AvgIpc) is 2.06. The molecule has 0 nitrogen and oxygen atoms in total. The fourth-order valence-corrected chi connectivity index (χ4v) is 1.36. The Morgan fingerprint density at radius 2 is 1.83 bits per heavy atom. The number of allylic oxidation sites excluding steroid dienone is 2. The van der Waals surface area contributed by atoms with Gasteiger partial charge in [-0.25, -0.2) is 0 Å². The van der Waals surface area contributed by atoms with Crippen molar-refractivity contribution in [3.8, 4) is 0 Å². The topological polar surface area (TPSA) is 0 Å². The van der Waals surface area contributed by atoms with Crippen LogP contribution in [0.4, 0.5) is 0 Å². The number of hydrogen-bond donors (Lipinski definition) is 0. The smallest absolute Gasteiger partial charge is 0.0325 e. The predicted octanol–water partition coefficient (Wildman–Crippen LogP) is 4.56. The van der Waals surface area contributed by atoms with Crippen LogP contribution in [0.15, 0.2) is 12.2 Å². The highest BCUT2D eigenvalue weighted by Crippen LogP contribution is 2.13. The molecule has 0 heteroatoms. The molecule has 0 saturated heterocycles. The third-order valence-corrected chi connectivity index (χ3v) is 2.24. The summed E-state index contributed by atoms with van der Waals surface area (Å²) in [4.78, 5) is 0. The summed E-state index contributed by atoms with van der Waals surface area (Å²) in [5.41, 5.74) is 0. The SMILES string of the molecule is CCC=CCC(C)CCCCC. The molecule has 0 aromatic heterocycles. The van der Waals surface area contributed by atoms with Crippen molar-refractivity contribution >= 4 is 0 Å². The van der Waals surface area contributed by atoms with Crippen LogP contribution in [0.1, 0.15) is 59.3 Å². The van der Waals surface area contributed by atoms with Crippen LogP contribution in [0, 0.1) is 5.92 Å². The Morgan fingerprint density at radius 3 is 2.42 bits per heavy atom. The Kier molecular flexibility index (Phi) is 8.64. The summed E-state index contributed by atoms with van der Waals surface area (Å²) < 4.78 is 0. The Bertz CT molecular complexity index is 103. The summed E-state index contributed by atoms with van der Waals surface area (Å²) in [7, 11) is 0. The second-order valence-electron chi connectivity index (χ2n) is 3.72. The molecule has 0 spiro atoms. The standard InChI is InChI=1S/C12H24/c1-4-6-8-10-12(3)11-9-7-5-2/h6,8,12H,4-5,7,9-11H2,1-3H3. The molecule has 0 amide bonds. The normalized spacial score (nSPS) is 13.9. The van der Waals surface area contributed by atoms with Crippen molar-refractivity contribution in [2.45, 2.75) is 59.3 Å². The van der Waals surface area contributed by atoms with E-state index in [1.807, 2.05) is 0 Å². The first kappa shape index (κ1) is 11.7. The van der Waals surface area contributed by atoms with Crippen LogP contribution in [-0.4, -0.2) is 0 Å². The van der Waals surface area contributed by atoms with E-state index in [9.17, 15) is 0 Å². The molecule has 0 bridgehead atoms. The second-order valence-corrected chi connectivity index (χ2v) is 3.72. The minimum Gasteiger partial charge on any atom is -0.0888 e. The van der Waals surface area contributed by atoms with Gasteiger partial charge >= 0.3 is 0 Å². The molecule has 0 aliphatic heterocycles. The summed E-state index contributed by atoms with van der Waals surface area (Å²) in [5.74, 6) is 0.888. The predicted molar refractivity (Wildman–Crippen MR) is 57.4 cm³/mol. The van der Waals surface area contributed by atoms with E-state index in [1.165, 1.54) is 38.5 Å². The van der Waals surface area contributed by atoms with Crippen LogP contribution in [0.3, 0.4) is 0 Å². The maximum absolute atomic E-state index is 2.36. The van der Waals surface area contributed by atoms with Crippen molar-refractivity contribution in [2.24, 2.45) is 5.92 Å². The summed E-state index contributed by atoms with van der Waals surface area (Å²) in [6, 6.07) is 0. The molecular formula is C12H24. The molecule has 0 rings (SSSR count). The van der Waals surface area contributed by atoms with E-state index in [-0.39, 0.29) is 0 Å². The van der Waals surface area contributed by atoms with Crippen LogP contribution < -0.4 is 0 Å². The highest BCUT2D eigenvalue weighted by Gasteiger charge is 1.97.